The topological polar surface area (TPSA) is 0 Å². The van der Waals surface area contributed by atoms with E-state index in [0.717, 1.165) is 66.4 Å². The van der Waals surface area contributed by atoms with Crippen LogP contribution in [0.3, 0.4) is 0 Å². The first-order valence-electron chi connectivity index (χ1n) is 30.4. The lowest BCUT2D eigenvalue weighted by Crippen LogP contribution is -2.38. The molecule has 0 spiro atoms. The van der Waals surface area contributed by atoms with Gasteiger partial charge in [0.1, 0.15) is 16.2 Å². The Kier molecular flexibility index (Phi) is 10.9. The summed E-state index contributed by atoms with van der Waals surface area (Å²) >= 11 is 0. The highest BCUT2D eigenvalue weighted by molar-refractivity contribution is 6.35. The number of halogens is 9. The molecule has 4 unspecified atom stereocenters. The minimum absolute atomic E-state index is 0.115. The van der Waals surface area contributed by atoms with Gasteiger partial charge < -0.3 is 0 Å². The summed E-state index contributed by atoms with van der Waals surface area (Å²) < 4.78 is 143. The lowest BCUT2D eigenvalue weighted by molar-refractivity contribution is -0.172. The molecule has 13 aromatic rings. The highest BCUT2D eigenvalue weighted by Crippen LogP contribution is 2.63. The maximum absolute atomic E-state index is 15.8. The van der Waals surface area contributed by atoms with Crippen LogP contribution >= 0.6 is 0 Å². The molecule has 4 aliphatic rings. The predicted molar refractivity (Wildman–Crippen MR) is 345 cm³/mol. The number of alkyl halides is 9. The first kappa shape index (κ1) is 54.7. The Bertz CT molecular complexity index is 5320. The molecule has 0 N–H and O–H groups in total. The van der Waals surface area contributed by atoms with E-state index in [-0.39, 0.29) is 38.8 Å². The average molecular weight is 1200 g/mol. The van der Waals surface area contributed by atoms with Crippen LogP contribution in [-0.2, 0) is 21.7 Å². The molecule has 0 amide bonds. The zero-order valence-electron chi connectivity index (χ0n) is 49.4. The SMILES string of the molecule is CCC1(C)c2ccccc2-c2c(-c3cc4cc(-c5cccc6c5-c5ccccc5C6(C)C(F)(F)F)cc5c6cc(-c7cccc8c7-c7ccccc7C8(C)C(F)(F)F)cc7cc(-c8cccc9c8-c8ccccc8C9(C)C(F)(F)F)cc(c(c3)c45)c76)cccc21. The third kappa shape index (κ3) is 6.75. The Hall–Kier alpha value is -9.47. The molecule has 4 atom stereocenters. The van der Waals surface area contributed by atoms with Gasteiger partial charge in [-0.05, 0) is 252 Å². The van der Waals surface area contributed by atoms with Crippen molar-refractivity contribution >= 4 is 43.1 Å². The molecule has 90 heavy (non-hydrogen) atoms. The number of rotatable bonds is 5. The Morgan fingerprint density at radius 1 is 0.267 bits per heavy atom. The smallest absolute Gasteiger partial charge is 0.170 e. The van der Waals surface area contributed by atoms with Crippen LogP contribution in [0.1, 0.15) is 85.5 Å². The van der Waals surface area contributed by atoms with Crippen molar-refractivity contribution in [3.8, 4) is 89.0 Å². The van der Waals surface area contributed by atoms with E-state index in [1.54, 1.807) is 109 Å². The van der Waals surface area contributed by atoms with Crippen LogP contribution in [0.15, 0.2) is 218 Å². The summed E-state index contributed by atoms with van der Waals surface area (Å²) in [6, 6.07) is 67.2. The molecule has 0 saturated carbocycles. The van der Waals surface area contributed by atoms with E-state index in [1.807, 2.05) is 36.4 Å². The maximum atomic E-state index is 15.8. The molecule has 0 nitrogen and oxygen atoms in total. The first-order valence-corrected chi connectivity index (χ1v) is 30.4. The van der Waals surface area contributed by atoms with E-state index in [1.165, 1.54) is 31.9 Å². The van der Waals surface area contributed by atoms with Gasteiger partial charge in [0, 0.05) is 5.41 Å². The Morgan fingerprint density at radius 3 is 0.789 bits per heavy atom. The molecule has 0 saturated heterocycles. The summed E-state index contributed by atoms with van der Waals surface area (Å²) in [7, 11) is 0. The van der Waals surface area contributed by atoms with Crippen molar-refractivity contribution in [3.05, 3.63) is 263 Å². The number of benzene rings is 13. The molecular formula is C81H53F9. The van der Waals surface area contributed by atoms with Crippen molar-refractivity contribution in [1.29, 1.82) is 0 Å². The third-order valence-electron chi connectivity index (χ3n) is 21.8. The average Bonchev–Trinajstić information content (AvgIpc) is 1.25. The molecule has 440 valence electrons. The van der Waals surface area contributed by atoms with Crippen LogP contribution in [0.4, 0.5) is 39.5 Å². The highest BCUT2D eigenvalue weighted by Gasteiger charge is 2.61. The van der Waals surface area contributed by atoms with Gasteiger partial charge in [-0.1, -0.05) is 184 Å². The van der Waals surface area contributed by atoms with Crippen molar-refractivity contribution < 1.29 is 39.5 Å². The first-order chi connectivity index (χ1) is 43.0. The second-order valence-electron chi connectivity index (χ2n) is 25.9. The van der Waals surface area contributed by atoms with Gasteiger partial charge in [0.05, 0.1) is 0 Å². The largest absolute Gasteiger partial charge is 0.402 e. The number of hydrogen-bond donors (Lipinski definition) is 0. The fourth-order valence-corrected chi connectivity index (χ4v) is 17.0. The second-order valence-corrected chi connectivity index (χ2v) is 25.9. The third-order valence-corrected chi connectivity index (χ3v) is 21.8. The Labute approximate surface area is 513 Å². The maximum Gasteiger partial charge on any atom is 0.402 e. The van der Waals surface area contributed by atoms with Gasteiger partial charge in [0.2, 0.25) is 0 Å². The molecule has 0 heterocycles. The zero-order valence-corrected chi connectivity index (χ0v) is 49.4. The van der Waals surface area contributed by atoms with E-state index >= 15 is 39.5 Å². The molecule has 9 heteroatoms. The summed E-state index contributed by atoms with van der Waals surface area (Å²) in [5.41, 5.74) is 6.54. The predicted octanol–water partition coefficient (Wildman–Crippen LogP) is 23.6. The fraction of sp³-hybridized carbons (Fsp3) is 0.160. The Morgan fingerprint density at radius 2 is 0.500 bits per heavy atom. The van der Waals surface area contributed by atoms with Crippen molar-refractivity contribution in [3.63, 3.8) is 0 Å². The summed E-state index contributed by atoms with van der Waals surface area (Å²) in [6.45, 7) is 8.22. The van der Waals surface area contributed by atoms with Crippen molar-refractivity contribution in [2.45, 2.75) is 81.2 Å². The molecular weight excluding hydrogens is 1140 g/mol. The summed E-state index contributed by atoms with van der Waals surface area (Å²) in [5, 5.41) is 6.29. The number of hydrogen-bond acceptors (Lipinski definition) is 0. The standard InChI is InChI=1S/C81H53F9/c1-6-75(2)61-27-11-7-19-53(61)71-49(23-15-31-65(71)75)43-35-47-36-44(50-24-16-32-66-72(50)54-20-8-12-28-62(54)76(66,3)79(82,83)84)41-59-60-42-46(52-26-18-34-68-74(52)56-22-10-14-30-64(56)78(68,5)81(88,89)90)38-48-37-45(40-58(70(48)60)57(39-43)69(47)59)51-25-17-33-67-73(51)55-21-9-13-29-63(55)77(67,4)80(85,86)87/h7-42H,6H2,1-5H3. The van der Waals surface area contributed by atoms with Crippen LogP contribution in [0.25, 0.3) is 132 Å². The van der Waals surface area contributed by atoms with E-state index in [9.17, 15) is 0 Å². The van der Waals surface area contributed by atoms with Gasteiger partial charge in [0.15, 0.2) is 0 Å². The van der Waals surface area contributed by atoms with Crippen LogP contribution in [0.5, 0.6) is 0 Å². The van der Waals surface area contributed by atoms with Crippen molar-refractivity contribution in [2.75, 3.05) is 0 Å². The van der Waals surface area contributed by atoms with E-state index in [4.69, 9.17) is 0 Å². The molecule has 0 fully saturated rings. The van der Waals surface area contributed by atoms with Crippen LogP contribution in [-0.4, -0.2) is 18.5 Å². The molecule has 13 aromatic carbocycles. The molecule has 0 bridgehead atoms. The lowest BCUT2D eigenvalue weighted by atomic mass is 9.77. The van der Waals surface area contributed by atoms with Gasteiger partial charge in [0.25, 0.3) is 0 Å². The quantitative estimate of drug-likeness (QED) is 0.0915. The van der Waals surface area contributed by atoms with Crippen LogP contribution in [0.2, 0.25) is 0 Å². The van der Waals surface area contributed by atoms with Crippen molar-refractivity contribution in [2.24, 2.45) is 0 Å². The van der Waals surface area contributed by atoms with Gasteiger partial charge in [-0.15, -0.1) is 0 Å². The van der Waals surface area contributed by atoms with Gasteiger partial charge in [-0.3, -0.25) is 0 Å². The van der Waals surface area contributed by atoms with E-state index in [2.05, 4.69) is 86.6 Å². The lowest BCUT2D eigenvalue weighted by Gasteiger charge is -2.30. The minimum Gasteiger partial charge on any atom is -0.170 e. The molecule has 4 aliphatic carbocycles. The number of fused-ring (bicyclic) bond motifs is 14. The fourth-order valence-electron chi connectivity index (χ4n) is 17.0. The molecule has 17 rings (SSSR count). The van der Waals surface area contributed by atoms with E-state index < -0.39 is 34.8 Å². The van der Waals surface area contributed by atoms with Gasteiger partial charge in [-0.25, -0.2) is 0 Å². The summed E-state index contributed by atoms with van der Waals surface area (Å²) in [4.78, 5) is 0. The summed E-state index contributed by atoms with van der Waals surface area (Å²) in [6.07, 6.45) is -13.1. The van der Waals surface area contributed by atoms with Gasteiger partial charge >= 0.3 is 18.5 Å². The van der Waals surface area contributed by atoms with Gasteiger partial charge in [-0.2, -0.15) is 39.5 Å². The zero-order chi connectivity index (χ0) is 62.1. The molecule has 0 aromatic heterocycles. The normalized spacial score (nSPS) is 20.3. The van der Waals surface area contributed by atoms with Crippen LogP contribution < -0.4 is 0 Å². The second kappa shape index (κ2) is 17.9. The molecule has 0 aliphatic heterocycles. The van der Waals surface area contributed by atoms with Crippen molar-refractivity contribution in [1.82, 2.24) is 0 Å². The van der Waals surface area contributed by atoms with Crippen LogP contribution in [0, 0.1) is 0 Å². The molecule has 0 radical (unpaired) electrons. The minimum atomic E-state index is -4.67. The van der Waals surface area contributed by atoms with E-state index in [0.29, 0.717) is 72.1 Å². The monoisotopic (exact) mass is 1200 g/mol. The summed E-state index contributed by atoms with van der Waals surface area (Å²) in [5.74, 6) is 0. The Balaban J connectivity index is 1.04. The highest BCUT2D eigenvalue weighted by atomic mass is 19.4.